The third-order valence-corrected chi connectivity index (χ3v) is 8.51. The number of piperidine rings is 1. The molecule has 0 amide bonds. The largest absolute Gasteiger partial charge is 0.469 e. The highest BCUT2D eigenvalue weighted by atomic mass is 19.4. The van der Waals surface area contributed by atoms with Crippen LogP contribution in [0.3, 0.4) is 0 Å². The van der Waals surface area contributed by atoms with Crippen molar-refractivity contribution in [1.29, 1.82) is 0 Å². The minimum Gasteiger partial charge on any atom is -0.469 e. The van der Waals surface area contributed by atoms with E-state index in [0.29, 0.717) is 37.6 Å². The predicted molar refractivity (Wildman–Crippen MR) is 141 cm³/mol. The number of fused-ring (bicyclic) bond motifs is 1. The van der Waals surface area contributed by atoms with Crippen molar-refractivity contribution < 1.29 is 35.9 Å². The van der Waals surface area contributed by atoms with Crippen LogP contribution in [0.1, 0.15) is 59.6 Å². The van der Waals surface area contributed by atoms with Crippen molar-refractivity contribution in [3.63, 3.8) is 0 Å². The summed E-state index contributed by atoms with van der Waals surface area (Å²) in [5.41, 5.74) is 0.643. The normalized spacial score (nSPS) is 19.9. The first-order chi connectivity index (χ1) is 18.7. The first-order valence-corrected chi connectivity index (χ1v) is 13.6. The molecule has 2 aliphatic heterocycles. The Morgan fingerprint density at radius 1 is 1.00 bits per heavy atom. The molecular weight excluding hydrogens is 534 g/mol. The van der Waals surface area contributed by atoms with Crippen molar-refractivity contribution in [2.45, 2.75) is 70.9 Å². The second-order valence-electron chi connectivity index (χ2n) is 11.2. The highest BCUT2D eigenvalue weighted by Crippen LogP contribution is 2.40. The third-order valence-electron chi connectivity index (χ3n) is 8.51. The number of likely N-dealkylation sites (tertiary alicyclic amines) is 1. The van der Waals surface area contributed by atoms with E-state index in [4.69, 9.17) is 4.74 Å². The lowest BCUT2D eigenvalue weighted by atomic mass is 9.82. The van der Waals surface area contributed by atoms with E-state index in [9.17, 15) is 31.1 Å². The van der Waals surface area contributed by atoms with E-state index >= 15 is 0 Å². The number of hydrogen-bond donors (Lipinski definition) is 0. The Kier molecular flexibility index (Phi) is 8.78. The highest BCUT2D eigenvalue weighted by molar-refractivity contribution is 5.72. The van der Waals surface area contributed by atoms with Gasteiger partial charge in [0, 0.05) is 25.3 Å². The standard InChI is InChI=1S/C30H36F6N2O2/c1-18-14-25(30(34,35)36)23(16-24(18)29(31,32)33)17-38-11-9-22(10-12-38)26-8-7-21-6-5-20(15-27(21)37(26)3)13-19(2)28(39)40-4/h5-6,14-16,19,22,26H,7-13,17H2,1-4H3/t19-,26?/m0/s1. The molecule has 2 aromatic carbocycles. The summed E-state index contributed by atoms with van der Waals surface area (Å²) in [6.07, 6.45) is -5.49. The molecule has 0 aliphatic carbocycles. The molecule has 4 nitrogen and oxygen atoms in total. The lowest BCUT2D eigenvalue weighted by Gasteiger charge is -2.44. The summed E-state index contributed by atoms with van der Waals surface area (Å²) in [5, 5.41) is 0. The zero-order valence-electron chi connectivity index (χ0n) is 23.3. The van der Waals surface area contributed by atoms with Gasteiger partial charge in [0.05, 0.1) is 24.2 Å². The minimum absolute atomic E-state index is 0.171. The van der Waals surface area contributed by atoms with Gasteiger partial charge in [0.25, 0.3) is 0 Å². The zero-order valence-corrected chi connectivity index (χ0v) is 23.3. The van der Waals surface area contributed by atoms with Gasteiger partial charge in [-0.05, 0) is 98.5 Å². The molecule has 2 aliphatic rings. The molecule has 2 aromatic rings. The molecule has 220 valence electrons. The summed E-state index contributed by atoms with van der Waals surface area (Å²) in [6.45, 7) is 3.77. The van der Waals surface area contributed by atoms with E-state index < -0.39 is 29.0 Å². The van der Waals surface area contributed by atoms with Crippen LogP contribution in [0.5, 0.6) is 0 Å². The van der Waals surface area contributed by atoms with E-state index in [2.05, 4.69) is 30.1 Å². The number of carbonyl (C=O) groups excluding carboxylic acids is 1. The number of halogens is 6. The maximum absolute atomic E-state index is 13.7. The molecule has 2 heterocycles. The number of alkyl halides is 6. The van der Waals surface area contributed by atoms with Gasteiger partial charge in [0.1, 0.15) is 0 Å². The Bertz CT molecular complexity index is 1220. The van der Waals surface area contributed by atoms with E-state index in [1.165, 1.54) is 12.7 Å². The smallest absolute Gasteiger partial charge is 0.416 e. The zero-order chi connectivity index (χ0) is 29.4. The predicted octanol–water partition coefficient (Wildman–Crippen LogP) is 7.05. The monoisotopic (exact) mass is 570 g/mol. The summed E-state index contributed by atoms with van der Waals surface area (Å²) in [5.74, 6) is -0.188. The van der Waals surface area contributed by atoms with E-state index in [1.54, 1.807) is 0 Å². The number of aryl methyl sites for hydroxylation is 2. The van der Waals surface area contributed by atoms with Crippen LogP contribution in [-0.2, 0) is 41.3 Å². The Balaban J connectivity index is 1.44. The van der Waals surface area contributed by atoms with Gasteiger partial charge in [0.2, 0.25) is 0 Å². The maximum Gasteiger partial charge on any atom is 0.416 e. The van der Waals surface area contributed by atoms with E-state index in [0.717, 1.165) is 43.9 Å². The second-order valence-corrected chi connectivity index (χ2v) is 11.2. The molecule has 1 unspecified atom stereocenters. The van der Waals surface area contributed by atoms with Crippen LogP contribution in [0.25, 0.3) is 0 Å². The van der Waals surface area contributed by atoms with Crippen molar-refractivity contribution >= 4 is 11.7 Å². The summed E-state index contributed by atoms with van der Waals surface area (Å²) in [6, 6.07) is 7.84. The molecule has 10 heteroatoms. The lowest BCUT2D eigenvalue weighted by Crippen LogP contribution is -2.46. The van der Waals surface area contributed by atoms with Gasteiger partial charge in [-0.1, -0.05) is 19.1 Å². The van der Waals surface area contributed by atoms with E-state index in [-0.39, 0.29) is 30.0 Å². The second kappa shape index (κ2) is 11.6. The van der Waals surface area contributed by atoms with Crippen molar-refractivity contribution in [3.05, 3.63) is 63.7 Å². The van der Waals surface area contributed by atoms with Crippen LogP contribution in [-0.4, -0.2) is 44.2 Å². The number of nitrogens with zero attached hydrogens (tertiary/aromatic N) is 2. The van der Waals surface area contributed by atoms with Gasteiger partial charge in [-0.25, -0.2) is 0 Å². The fourth-order valence-electron chi connectivity index (χ4n) is 6.33. The molecule has 0 saturated carbocycles. The number of ether oxygens (including phenoxy) is 1. The number of hydrogen-bond acceptors (Lipinski definition) is 4. The number of benzene rings is 2. The number of rotatable bonds is 6. The van der Waals surface area contributed by atoms with Crippen LogP contribution in [0.2, 0.25) is 0 Å². The Hall–Kier alpha value is -2.75. The SMILES string of the molecule is COC(=O)[C@@H](C)Cc1ccc2c(c1)N(C)C(C1CCN(Cc3cc(C(F)(F)F)c(C)cc3C(F)(F)F)CC1)CC2. The van der Waals surface area contributed by atoms with Gasteiger partial charge in [0.15, 0.2) is 0 Å². The molecule has 40 heavy (non-hydrogen) atoms. The third kappa shape index (κ3) is 6.58. The lowest BCUT2D eigenvalue weighted by molar-refractivity contribution is -0.144. The van der Waals surface area contributed by atoms with Gasteiger partial charge < -0.3 is 9.64 Å². The first-order valence-electron chi connectivity index (χ1n) is 13.6. The molecule has 2 atom stereocenters. The fraction of sp³-hybridized carbons (Fsp3) is 0.567. The van der Waals surface area contributed by atoms with Crippen molar-refractivity contribution in [2.75, 3.05) is 32.1 Å². The molecule has 0 radical (unpaired) electrons. The molecule has 0 aromatic heterocycles. The number of methoxy groups -OCH3 is 1. The summed E-state index contributed by atoms with van der Waals surface area (Å²) in [4.78, 5) is 16.0. The molecule has 0 bridgehead atoms. The van der Waals surface area contributed by atoms with Crippen molar-refractivity contribution in [1.82, 2.24) is 4.90 Å². The molecule has 1 saturated heterocycles. The Labute approximate surface area is 231 Å². The molecule has 4 rings (SSSR count). The summed E-state index contributed by atoms with van der Waals surface area (Å²) in [7, 11) is 3.44. The van der Waals surface area contributed by atoms with Gasteiger partial charge in [-0.2, -0.15) is 26.3 Å². The van der Waals surface area contributed by atoms with Crippen molar-refractivity contribution in [3.8, 4) is 0 Å². The molecular formula is C30H36F6N2O2. The quantitative estimate of drug-likeness (QED) is 0.275. The topological polar surface area (TPSA) is 32.8 Å². The highest BCUT2D eigenvalue weighted by Gasteiger charge is 2.39. The van der Waals surface area contributed by atoms with Crippen LogP contribution >= 0.6 is 0 Å². The van der Waals surface area contributed by atoms with Crippen LogP contribution in [0.4, 0.5) is 32.0 Å². The maximum atomic E-state index is 13.7. The van der Waals surface area contributed by atoms with Crippen LogP contribution in [0, 0.1) is 18.8 Å². The molecule has 1 fully saturated rings. The Morgan fingerprint density at radius 2 is 1.65 bits per heavy atom. The average Bonchev–Trinajstić information content (AvgIpc) is 2.88. The van der Waals surface area contributed by atoms with Gasteiger partial charge >= 0.3 is 18.3 Å². The fourth-order valence-corrected chi connectivity index (χ4v) is 6.33. The number of carbonyl (C=O) groups is 1. The number of esters is 1. The Morgan fingerprint density at radius 3 is 2.25 bits per heavy atom. The average molecular weight is 571 g/mol. The minimum atomic E-state index is -4.73. The summed E-state index contributed by atoms with van der Waals surface area (Å²) >= 11 is 0. The van der Waals surface area contributed by atoms with Crippen molar-refractivity contribution in [2.24, 2.45) is 11.8 Å². The number of anilines is 1. The molecule has 0 spiro atoms. The van der Waals surface area contributed by atoms with Crippen LogP contribution in [0.15, 0.2) is 30.3 Å². The van der Waals surface area contributed by atoms with Crippen LogP contribution < -0.4 is 4.90 Å². The van der Waals surface area contributed by atoms with E-state index in [1.807, 2.05) is 11.8 Å². The first kappa shape index (κ1) is 30.2. The summed E-state index contributed by atoms with van der Waals surface area (Å²) < 4.78 is 86.3. The molecule has 0 N–H and O–H groups in total. The van der Waals surface area contributed by atoms with Gasteiger partial charge in [-0.3, -0.25) is 9.69 Å². The van der Waals surface area contributed by atoms with Gasteiger partial charge in [-0.15, -0.1) is 0 Å².